The molecule has 0 unspecified atom stereocenters. The van der Waals surface area contributed by atoms with E-state index in [9.17, 15) is 0 Å². The van der Waals surface area contributed by atoms with Crippen molar-refractivity contribution in [2.75, 3.05) is 26.6 Å². The van der Waals surface area contributed by atoms with Crippen LogP contribution in [0.15, 0.2) is 42.6 Å². The zero-order valence-electron chi connectivity index (χ0n) is 18.5. The van der Waals surface area contributed by atoms with E-state index in [1.54, 1.807) is 21.3 Å². The molecule has 176 valence electrons. The highest BCUT2D eigenvalue weighted by molar-refractivity contribution is 6.30. The fourth-order valence-corrected chi connectivity index (χ4v) is 3.07. The number of carboxylic acid groups (broad SMARTS) is 2. The molecule has 0 radical (unpaired) electrons. The number of carbonyl (C=O) groups is 2. The van der Waals surface area contributed by atoms with E-state index in [2.05, 4.69) is 10.3 Å². The third-order valence-electron chi connectivity index (χ3n) is 4.53. The Hall–Kier alpha value is -3.92. The molecule has 3 aromatic rings. The Morgan fingerprint density at radius 3 is 2.09 bits per heavy atom. The van der Waals surface area contributed by atoms with Gasteiger partial charge < -0.3 is 34.3 Å². The Balaban J connectivity index is 0.000000569. The van der Waals surface area contributed by atoms with Gasteiger partial charge in [0.05, 0.1) is 33.2 Å². The van der Waals surface area contributed by atoms with E-state index in [1.165, 1.54) is 0 Å². The van der Waals surface area contributed by atoms with E-state index in [0.29, 0.717) is 28.8 Å². The van der Waals surface area contributed by atoms with Crippen LogP contribution in [-0.4, -0.2) is 53.0 Å². The van der Waals surface area contributed by atoms with Gasteiger partial charge in [0.1, 0.15) is 0 Å². The summed E-state index contributed by atoms with van der Waals surface area (Å²) in [6.45, 7) is 0.522. The van der Waals surface area contributed by atoms with Crippen LogP contribution in [0.25, 0.3) is 11.3 Å². The lowest BCUT2D eigenvalue weighted by Gasteiger charge is -2.16. The molecule has 3 N–H and O–H groups in total. The van der Waals surface area contributed by atoms with Crippen molar-refractivity contribution in [1.29, 1.82) is 0 Å². The lowest BCUT2D eigenvalue weighted by molar-refractivity contribution is -0.159. The molecule has 0 saturated heterocycles. The molecule has 0 amide bonds. The Morgan fingerprint density at radius 1 is 0.970 bits per heavy atom. The molecular weight excluding hydrogens is 454 g/mol. The van der Waals surface area contributed by atoms with Crippen LogP contribution in [0, 0.1) is 0 Å². The van der Waals surface area contributed by atoms with Gasteiger partial charge in [-0.3, -0.25) is 0 Å². The number of rotatable bonds is 7. The fraction of sp³-hybridized carbons (Fsp3) is 0.227. The summed E-state index contributed by atoms with van der Waals surface area (Å²) in [5.74, 6) is -1.07. The van der Waals surface area contributed by atoms with Crippen molar-refractivity contribution in [2.24, 2.45) is 7.05 Å². The maximum absolute atomic E-state index is 9.10. The number of aliphatic carboxylic acids is 2. The molecule has 0 saturated carbocycles. The summed E-state index contributed by atoms with van der Waals surface area (Å²) in [5.41, 5.74) is 2.98. The number of benzene rings is 2. The third-order valence-corrected chi connectivity index (χ3v) is 4.79. The van der Waals surface area contributed by atoms with Crippen molar-refractivity contribution in [2.45, 2.75) is 6.54 Å². The molecule has 0 aliphatic heterocycles. The number of nitrogens with one attached hydrogen (secondary N) is 1. The Bertz CT molecular complexity index is 1100. The molecule has 3 rings (SSSR count). The first kappa shape index (κ1) is 25.3. The summed E-state index contributed by atoms with van der Waals surface area (Å²) < 4.78 is 18.3. The average Bonchev–Trinajstić information content (AvgIpc) is 3.17. The standard InChI is InChI=1S/C20H22ClN3O3.C2H2O4/c1-24-16(13-5-8-15(21)9-6-13)12-23-20(24)22-11-14-7-10-17(25-2)19(27-4)18(14)26-3;3-1(4)2(5)6/h5-10,12H,11H2,1-4H3,(H,22,23);(H,3,4)(H,5,6). The molecule has 2 aromatic carbocycles. The lowest BCUT2D eigenvalue weighted by atomic mass is 10.1. The number of aromatic nitrogens is 2. The number of nitrogens with zero attached hydrogens (tertiary/aromatic N) is 2. The predicted molar refractivity (Wildman–Crippen MR) is 122 cm³/mol. The van der Waals surface area contributed by atoms with Crippen LogP contribution in [0.5, 0.6) is 17.2 Å². The van der Waals surface area contributed by atoms with Gasteiger partial charge in [-0.2, -0.15) is 0 Å². The molecular formula is C22H24ClN3O7. The van der Waals surface area contributed by atoms with Gasteiger partial charge in [-0.15, -0.1) is 0 Å². The van der Waals surface area contributed by atoms with E-state index in [1.807, 2.05) is 54.2 Å². The van der Waals surface area contributed by atoms with Crippen LogP contribution >= 0.6 is 11.6 Å². The Kier molecular flexibility index (Phi) is 8.93. The molecule has 11 heteroatoms. The highest BCUT2D eigenvalue weighted by atomic mass is 35.5. The first-order valence-corrected chi connectivity index (χ1v) is 9.86. The highest BCUT2D eigenvalue weighted by Crippen LogP contribution is 2.40. The van der Waals surface area contributed by atoms with Crippen LogP contribution in [0.2, 0.25) is 5.02 Å². The van der Waals surface area contributed by atoms with E-state index in [4.69, 9.17) is 45.6 Å². The van der Waals surface area contributed by atoms with Gasteiger partial charge in [0.2, 0.25) is 11.7 Å². The van der Waals surface area contributed by atoms with Crippen molar-refractivity contribution < 1.29 is 34.0 Å². The van der Waals surface area contributed by atoms with Gasteiger partial charge >= 0.3 is 11.9 Å². The molecule has 0 spiro atoms. The van der Waals surface area contributed by atoms with Gasteiger partial charge in [0.25, 0.3) is 0 Å². The Morgan fingerprint density at radius 2 is 1.58 bits per heavy atom. The second kappa shape index (κ2) is 11.6. The van der Waals surface area contributed by atoms with Crippen molar-refractivity contribution in [3.63, 3.8) is 0 Å². The summed E-state index contributed by atoms with van der Waals surface area (Å²) in [6, 6.07) is 11.5. The number of methoxy groups -OCH3 is 3. The second-order valence-electron chi connectivity index (χ2n) is 6.49. The van der Waals surface area contributed by atoms with E-state index in [0.717, 1.165) is 22.8 Å². The number of imidazole rings is 1. The van der Waals surface area contributed by atoms with Gasteiger partial charge in [0, 0.05) is 24.2 Å². The molecule has 1 heterocycles. The maximum Gasteiger partial charge on any atom is 0.414 e. The summed E-state index contributed by atoms with van der Waals surface area (Å²) in [6.07, 6.45) is 1.83. The van der Waals surface area contributed by atoms with E-state index >= 15 is 0 Å². The quantitative estimate of drug-likeness (QED) is 0.437. The van der Waals surface area contributed by atoms with Crippen LogP contribution in [0.1, 0.15) is 5.56 Å². The zero-order chi connectivity index (χ0) is 24.5. The average molecular weight is 478 g/mol. The first-order chi connectivity index (χ1) is 15.7. The van der Waals surface area contributed by atoms with Crippen molar-refractivity contribution >= 4 is 29.5 Å². The molecule has 1 aromatic heterocycles. The van der Waals surface area contributed by atoms with Crippen LogP contribution in [0.4, 0.5) is 5.95 Å². The summed E-state index contributed by atoms with van der Waals surface area (Å²) >= 11 is 5.97. The fourth-order valence-electron chi connectivity index (χ4n) is 2.94. The van der Waals surface area contributed by atoms with Crippen molar-refractivity contribution in [3.8, 4) is 28.5 Å². The molecule has 10 nitrogen and oxygen atoms in total. The molecule has 0 aliphatic carbocycles. The molecule has 0 bridgehead atoms. The molecule has 0 aliphatic rings. The highest BCUT2D eigenvalue weighted by Gasteiger charge is 2.16. The largest absolute Gasteiger partial charge is 0.493 e. The molecule has 0 atom stereocenters. The summed E-state index contributed by atoms with van der Waals surface area (Å²) in [4.78, 5) is 22.7. The lowest BCUT2D eigenvalue weighted by Crippen LogP contribution is -2.09. The minimum absolute atomic E-state index is 0.522. The van der Waals surface area contributed by atoms with Gasteiger partial charge in [0.15, 0.2) is 11.5 Å². The number of halogens is 1. The molecule has 33 heavy (non-hydrogen) atoms. The summed E-state index contributed by atoms with van der Waals surface area (Å²) in [7, 11) is 6.77. The minimum Gasteiger partial charge on any atom is -0.493 e. The minimum atomic E-state index is -1.82. The molecule has 0 fully saturated rings. The van der Waals surface area contributed by atoms with Gasteiger partial charge in [-0.1, -0.05) is 23.7 Å². The van der Waals surface area contributed by atoms with E-state index < -0.39 is 11.9 Å². The van der Waals surface area contributed by atoms with E-state index in [-0.39, 0.29) is 0 Å². The SMILES string of the molecule is COc1ccc(CNc2ncc(-c3ccc(Cl)cc3)n2C)c(OC)c1OC.O=C(O)C(=O)O. The third kappa shape index (κ3) is 6.30. The Labute approximate surface area is 195 Å². The van der Waals surface area contributed by atoms with Crippen LogP contribution < -0.4 is 19.5 Å². The number of carboxylic acids is 2. The van der Waals surface area contributed by atoms with Crippen molar-refractivity contribution in [3.05, 3.63) is 53.2 Å². The van der Waals surface area contributed by atoms with Crippen molar-refractivity contribution in [1.82, 2.24) is 9.55 Å². The number of ether oxygens (including phenoxy) is 3. The van der Waals surface area contributed by atoms with Gasteiger partial charge in [-0.05, 0) is 29.8 Å². The zero-order valence-corrected chi connectivity index (χ0v) is 19.2. The number of anilines is 1. The topological polar surface area (TPSA) is 132 Å². The predicted octanol–water partition coefficient (Wildman–Crippen LogP) is 3.53. The number of hydrogen-bond acceptors (Lipinski definition) is 7. The second-order valence-corrected chi connectivity index (χ2v) is 6.93. The maximum atomic E-state index is 9.10. The summed E-state index contributed by atoms with van der Waals surface area (Å²) in [5, 5.41) is 18.8. The smallest absolute Gasteiger partial charge is 0.414 e. The normalized spacial score (nSPS) is 9.97. The van der Waals surface area contributed by atoms with Gasteiger partial charge in [-0.25, -0.2) is 14.6 Å². The first-order valence-electron chi connectivity index (χ1n) is 9.49. The van der Waals surface area contributed by atoms with Crippen LogP contribution in [-0.2, 0) is 23.2 Å². The number of hydrogen-bond donors (Lipinski definition) is 3. The monoisotopic (exact) mass is 477 g/mol. The van der Waals surface area contributed by atoms with Crippen LogP contribution in [0.3, 0.4) is 0 Å².